The monoisotopic (exact) mass is 294 g/mol. The molecule has 6 nitrogen and oxygen atoms in total. The summed E-state index contributed by atoms with van der Waals surface area (Å²) >= 11 is 5.72. The Kier molecular flexibility index (Phi) is 3.50. The van der Waals surface area contributed by atoms with Crippen LogP contribution in [0, 0.1) is 0 Å². The second kappa shape index (κ2) is 4.97. The summed E-state index contributed by atoms with van der Waals surface area (Å²) in [6, 6.07) is 5.87. The Balaban J connectivity index is 2.70. The maximum absolute atomic E-state index is 12.3. The number of carbonyl (C=O) groups excluding carboxylic acids is 1. The van der Waals surface area contributed by atoms with Crippen molar-refractivity contribution in [3.05, 3.63) is 61.3 Å². The fraction of sp³-hybridized carbons (Fsp3) is 0.154. The Morgan fingerprint density at radius 3 is 2.20 bits per heavy atom. The van der Waals surface area contributed by atoms with Crippen molar-refractivity contribution in [2.24, 2.45) is 14.1 Å². The van der Waals surface area contributed by atoms with Crippen molar-refractivity contribution in [3.8, 4) is 5.88 Å². The molecule has 20 heavy (non-hydrogen) atoms. The standard InChI is InChI=1S/C13H11ClN2O4/c1-15-11(18)9(12(19)16(2)13(15)20)10(17)7-3-5-8(14)6-4-7/h3-6,18H,1-2H3. The van der Waals surface area contributed by atoms with Crippen LogP contribution in [0.3, 0.4) is 0 Å². The zero-order valence-corrected chi connectivity index (χ0v) is 11.5. The molecular weight excluding hydrogens is 284 g/mol. The number of hydrogen-bond acceptors (Lipinski definition) is 4. The topological polar surface area (TPSA) is 81.3 Å². The number of aromatic hydroxyl groups is 1. The zero-order chi connectivity index (χ0) is 15.0. The number of rotatable bonds is 2. The molecule has 2 aromatic rings. The van der Waals surface area contributed by atoms with Crippen LogP contribution < -0.4 is 11.2 Å². The van der Waals surface area contributed by atoms with E-state index in [0.29, 0.717) is 5.02 Å². The minimum absolute atomic E-state index is 0.195. The maximum Gasteiger partial charge on any atom is 0.333 e. The van der Waals surface area contributed by atoms with Crippen LogP contribution in [0.5, 0.6) is 5.88 Å². The summed E-state index contributed by atoms with van der Waals surface area (Å²) in [6.07, 6.45) is 0. The van der Waals surface area contributed by atoms with Crippen LogP contribution in [0.25, 0.3) is 0 Å². The normalized spacial score (nSPS) is 10.6. The molecule has 0 spiro atoms. The zero-order valence-electron chi connectivity index (χ0n) is 10.8. The Hall–Kier alpha value is -2.34. The lowest BCUT2D eigenvalue weighted by atomic mass is 10.1. The van der Waals surface area contributed by atoms with E-state index in [2.05, 4.69) is 0 Å². The van der Waals surface area contributed by atoms with Crippen molar-refractivity contribution < 1.29 is 9.90 Å². The SMILES string of the molecule is Cn1c(O)c(C(=O)c2ccc(Cl)cc2)c(=O)n(C)c1=O. The highest BCUT2D eigenvalue weighted by atomic mass is 35.5. The van der Waals surface area contributed by atoms with Gasteiger partial charge in [-0.1, -0.05) is 11.6 Å². The van der Waals surface area contributed by atoms with Crippen LogP contribution in [0.1, 0.15) is 15.9 Å². The minimum atomic E-state index is -0.842. The summed E-state index contributed by atoms with van der Waals surface area (Å²) in [4.78, 5) is 35.9. The Bertz CT molecular complexity index is 803. The number of hydrogen-bond donors (Lipinski definition) is 1. The molecule has 0 bridgehead atoms. The summed E-state index contributed by atoms with van der Waals surface area (Å²) in [6.45, 7) is 0. The van der Waals surface area contributed by atoms with Gasteiger partial charge in [-0.15, -0.1) is 0 Å². The first-order valence-corrected chi connectivity index (χ1v) is 6.01. The van der Waals surface area contributed by atoms with Gasteiger partial charge in [-0.05, 0) is 24.3 Å². The molecule has 0 radical (unpaired) electrons. The van der Waals surface area contributed by atoms with Crippen LogP contribution in [-0.2, 0) is 14.1 Å². The van der Waals surface area contributed by atoms with Gasteiger partial charge < -0.3 is 5.11 Å². The van der Waals surface area contributed by atoms with Crippen LogP contribution in [0.15, 0.2) is 33.9 Å². The van der Waals surface area contributed by atoms with Crippen LogP contribution in [0.4, 0.5) is 0 Å². The summed E-state index contributed by atoms with van der Waals surface area (Å²) in [5.41, 5.74) is -1.80. The van der Waals surface area contributed by atoms with Crippen molar-refractivity contribution in [1.82, 2.24) is 9.13 Å². The summed E-state index contributed by atoms with van der Waals surface area (Å²) < 4.78 is 1.60. The summed E-state index contributed by atoms with van der Waals surface area (Å²) in [5, 5.41) is 10.3. The van der Waals surface area contributed by atoms with Crippen molar-refractivity contribution in [2.45, 2.75) is 0 Å². The second-order valence-electron chi connectivity index (χ2n) is 4.24. The molecule has 1 aromatic carbocycles. The van der Waals surface area contributed by atoms with E-state index in [1.54, 1.807) is 0 Å². The molecule has 0 aliphatic rings. The van der Waals surface area contributed by atoms with E-state index >= 15 is 0 Å². The van der Waals surface area contributed by atoms with Gasteiger partial charge in [0.05, 0.1) is 0 Å². The smallest absolute Gasteiger partial charge is 0.333 e. The van der Waals surface area contributed by atoms with Crippen molar-refractivity contribution in [1.29, 1.82) is 0 Å². The van der Waals surface area contributed by atoms with Gasteiger partial charge in [0.25, 0.3) is 5.56 Å². The molecule has 1 N–H and O–H groups in total. The second-order valence-corrected chi connectivity index (χ2v) is 4.68. The van der Waals surface area contributed by atoms with Crippen LogP contribution >= 0.6 is 11.6 Å². The predicted molar refractivity (Wildman–Crippen MR) is 73.5 cm³/mol. The minimum Gasteiger partial charge on any atom is -0.494 e. The maximum atomic E-state index is 12.3. The van der Waals surface area contributed by atoms with Gasteiger partial charge >= 0.3 is 5.69 Å². The molecular formula is C13H11ClN2O4. The number of nitrogens with zero attached hydrogens (tertiary/aromatic N) is 2. The molecule has 0 amide bonds. The Morgan fingerprint density at radius 2 is 1.65 bits per heavy atom. The molecule has 1 aromatic heterocycles. The Morgan fingerprint density at radius 1 is 1.10 bits per heavy atom. The molecule has 2 rings (SSSR count). The Labute approximate surface area is 118 Å². The van der Waals surface area contributed by atoms with Crippen molar-refractivity contribution in [2.75, 3.05) is 0 Å². The summed E-state index contributed by atoms with van der Waals surface area (Å²) in [7, 11) is 2.51. The van der Waals surface area contributed by atoms with E-state index in [0.717, 1.165) is 9.13 Å². The lowest BCUT2D eigenvalue weighted by molar-refractivity contribution is 0.103. The molecule has 0 saturated heterocycles. The van der Waals surface area contributed by atoms with Crippen molar-refractivity contribution in [3.63, 3.8) is 0 Å². The first-order chi connectivity index (χ1) is 9.34. The molecule has 0 fully saturated rings. The highest BCUT2D eigenvalue weighted by Crippen LogP contribution is 2.16. The van der Waals surface area contributed by atoms with E-state index < -0.39 is 28.5 Å². The van der Waals surface area contributed by atoms with E-state index in [-0.39, 0.29) is 5.56 Å². The number of halogens is 1. The fourth-order valence-electron chi connectivity index (χ4n) is 1.78. The molecule has 0 aliphatic carbocycles. The molecule has 0 aliphatic heterocycles. The molecule has 0 atom stereocenters. The van der Waals surface area contributed by atoms with Gasteiger partial charge in [-0.2, -0.15) is 0 Å². The van der Waals surface area contributed by atoms with E-state index in [9.17, 15) is 19.5 Å². The average Bonchev–Trinajstić information content (AvgIpc) is 2.44. The number of benzene rings is 1. The highest BCUT2D eigenvalue weighted by Gasteiger charge is 2.22. The molecule has 104 valence electrons. The van der Waals surface area contributed by atoms with Gasteiger partial charge in [-0.3, -0.25) is 18.7 Å². The first kappa shape index (κ1) is 14.1. The van der Waals surface area contributed by atoms with Crippen LogP contribution in [-0.4, -0.2) is 20.0 Å². The fourth-order valence-corrected chi connectivity index (χ4v) is 1.90. The first-order valence-electron chi connectivity index (χ1n) is 5.64. The summed E-state index contributed by atoms with van der Waals surface area (Å²) in [5.74, 6) is -1.33. The third-order valence-corrected chi connectivity index (χ3v) is 3.22. The third kappa shape index (κ3) is 2.14. The third-order valence-electron chi connectivity index (χ3n) is 2.97. The number of ketones is 1. The van der Waals surface area contributed by atoms with E-state index in [1.165, 1.54) is 38.4 Å². The molecule has 0 unspecified atom stereocenters. The van der Waals surface area contributed by atoms with Crippen LogP contribution in [0.2, 0.25) is 5.02 Å². The van der Waals surface area contributed by atoms with E-state index in [1.807, 2.05) is 0 Å². The highest BCUT2D eigenvalue weighted by molar-refractivity contribution is 6.30. The number of carbonyl (C=O) groups is 1. The number of aromatic nitrogens is 2. The van der Waals surface area contributed by atoms with Gasteiger partial charge in [0, 0.05) is 24.7 Å². The van der Waals surface area contributed by atoms with Gasteiger partial charge in [0.1, 0.15) is 5.56 Å². The molecule has 0 saturated carbocycles. The van der Waals surface area contributed by atoms with Gasteiger partial charge in [-0.25, -0.2) is 4.79 Å². The molecule has 1 heterocycles. The predicted octanol–water partition coefficient (Wildman–Crippen LogP) is 0.674. The van der Waals surface area contributed by atoms with E-state index in [4.69, 9.17) is 11.6 Å². The van der Waals surface area contributed by atoms with Gasteiger partial charge in [0.2, 0.25) is 11.7 Å². The largest absolute Gasteiger partial charge is 0.494 e. The lowest BCUT2D eigenvalue weighted by Gasteiger charge is -2.09. The quantitative estimate of drug-likeness (QED) is 0.826. The van der Waals surface area contributed by atoms with Crippen molar-refractivity contribution >= 4 is 17.4 Å². The van der Waals surface area contributed by atoms with Gasteiger partial charge in [0.15, 0.2) is 0 Å². The lowest BCUT2D eigenvalue weighted by Crippen LogP contribution is -2.40. The molecule has 7 heteroatoms. The average molecular weight is 295 g/mol.